The molecule has 22 heavy (non-hydrogen) atoms. The van der Waals surface area contributed by atoms with Crippen molar-refractivity contribution in [2.24, 2.45) is 0 Å². The van der Waals surface area contributed by atoms with Gasteiger partial charge >= 0.3 is 5.97 Å². The molecule has 0 saturated heterocycles. The summed E-state index contributed by atoms with van der Waals surface area (Å²) in [6.07, 6.45) is 0.690. The molecule has 0 spiro atoms. The van der Waals surface area contributed by atoms with Crippen molar-refractivity contribution in [3.05, 3.63) is 0 Å². The van der Waals surface area contributed by atoms with Gasteiger partial charge in [-0.05, 0) is 13.3 Å². The second-order valence-electron chi connectivity index (χ2n) is 5.23. The van der Waals surface area contributed by atoms with E-state index in [0.717, 1.165) is 0 Å². The summed E-state index contributed by atoms with van der Waals surface area (Å²) in [5, 5.41) is 11.6. The summed E-state index contributed by atoms with van der Waals surface area (Å²) in [7, 11) is 3.27. The number of aliphatic carboxylic acids is 1. The third-order valence-electron chi connectivity index (χ3n) is 3.15. The van der Waals surface area contributed by atoms with E-state index in [1.165, 1.54) is 23.6 Å². The molecule has 0 rings (SSSR count). The monoisotopic (exact) mass is 315 g/mol. The van der Waals surface area contributed by atoms with Gasteiger partial charge in [0.05, 0.1) is 0 Å². The minimum absolute atomic E-state index is 0.0797. The standard InChI is InChI=1S/C14H25N3O5/c1-10(14(21)22)17(9-8-15-11(2)18)13(20)7-5-6-12(19)16(3)4/h10H,5-9H2,1-4H3,(H,15,18)(H,21,22). The Hall–Kier alpha value is -2.12. The van der Waals surface area contributed by atoms with Gasteiger partial charge in [0.1, 0.15) is 6.04 Å². The lowest BCUT2D eigenvalue weighted by molar-refractivity contribution is -0.149. The van der Waals surface area contributed by atoms with E-state index in [4.69, 9.17) is 5.11 Å². The van der Waals surface area contributed by atoms with Gasteiger partial charge < -0.3 is 20.2 Å². The second kappa shape index (κ2) is 9.75. The predicted molar refractivity (Wildman–Crippen MR) is 80.0 cm³/mol. The maximum atomic E-state index is 12.1. The van der Waals surface area contributed by atoms with Crippen LogP contribution in [0.15, 0.2) is 0 Å². The number of carbonyl (C=O) groups is 4. The van der Waals surface area contributed by atoms with Gasteiger partial charge in [-0.1, -0.05) is 0 Å². The highest BCUT2D eigenvalue weighted by atomic mass is 16.4. The van der Waals surface area contributed by atoms with Crippen LogP contribution in [0.4, 0.5) is 0 Å². The summed E-state index contributed by atoms with van der Waals surface area (Å²) < 4.78 is 0. The SMILES string of the molecule is CC(=O)NCCN(C(=O)CCCC(=O)N(C)C)C(C)C(=O)O. The average molecular weight is 315 g/mol. The lowest BCUT2D eigenvalue weighted by Crippen LogP contribution is -2.46. The maximum Gasteiger partial charge on any atom is 0.326 e. The smallest absolute Gasteiger partial charge is 0.326 e. The van der Waals surface area contributed by atoms with Crippen molar-refractivity contribution < 1.29 is 24.3 Å². The molecule has 8 nitrogen and oxygen atoms in total. The zero-order chi connectivity index (χ0) is 17.3. The van der Waals surface area contributed by atoms with E-state index >= 15 is 0 Å². The quantitative estimate of drug-likeness (QED) is 0.606. The highest BCUT2D eigenvalue weighted by molar-refractivity contribution is 5.84. The number of hydrogen-bond donors (Lipinski definition) is 2. The molecule has 0 aliphatic carbocycles. The van der Waals surface area contributed by atoms with Crippen molar-refractivity contribution in [2.45, 2.75) is 39.2 Å². The van der Waals surface area contributed by atoms with Crippen LogP contribution in [0.1, 0.15) is 33.1 Å². The minimum atomic E-state index is -1.11. The van der Waals surface area contributed by atoms with Crippen LogP contribution in [-0.4, -0.2) is 71.8 Å². The van der Waals surface area contributed by atoms with Crippen LogP contribution < -0.4 is 5.32 Å². The zero-order valence-corrected chi connectivity index (χ0v) is 13.6. The molecule has 0 aromatic heterocycles. The van der Waals surface area contributed by atoms with Gasteiger partial charge in [-0.2, -0.15) is 0 Å². The Morgan fingerprint density at radius 1 is 1.09 bits per heavy atom. The van der Waals surface area contributed by atoms with E-state index in [1.54, 1.807) is 14.1 Å². The molecule has 0 aliphatic heterocycles. The largest absolute Gasteiger partial charge is 0.480 e. The van der Waals surface area contributed by atoms with E-state index in [-0.39, 0.29) is 43.7 Å². The summed E-state index contributed by atoms with van der Waals surface area (Å²) >= 11 is 0. The van der Waals surface area contributed by atoms with Crippen molar-refractivity contribution in [2.75, 3.05) is 27.2 Å². The van der Waals surface area contributed by atoms with Gasteiger partial charge in [0, 0.05) is 47.0 Å². The first-order chi connectivity index (χ1) is 10.2. The molecule has 0 fully saturated rings. The number of rotatable bonds is 9. The number of amides is 3. The van der Waals surface area contributed by atoms with Crippen LogP contribution in [0, 0.1) is 0 Å². The molecule has 0 saturated carbocycles. The fraction of sp³-hybridized carbons (Fsp3) is 0.714. The third-order valence-corrected chi connectivity index (χ3v) is 3.15. The first kappa shape index (κ1) is 19.9. The van der Waals surface area contributed by atoms with Crippen molar-refractivity contribution in [1.29, 1.82) is 0 Å². The topological polar surface area (TPSA) is 107 Å². The molecule has 3 amide bonds. The summed E-state index contributed by atoms with van der Waals surface area (Å²) in [4.78, 5) is 48.1. The molecular formula is C14H25N3O5. The van der Waals surface area contributed by atoms with Crippen molar-refractivity contribution in [3.63, 3.8) is 0 Å². The van der Waals surface area contributed by atoms with Crippen molar-refractivity contribution in [1.82, 2.24) is 15.1 Å². The van der Waals surface area contributed by atoms with Crippen molar-refractivity contribution >= 4 is 23.7 Å². The number of carbonyl (C=O) groups excluding carboxylic acids is 3. The Morgan fingerprint density at radius 3 is 2.09 bits per heavy atom. The molecule has 0 aromatic carbocycles. The van der Waals surface area contributed by atoms with E-state index in [0.29, 0.717) is 6.42 Å². The fourth-order valence-corrected chi connectivity index (χ4v) is 1.78. The second-order valence-corrected chi connectivity index (χ2v) is 5.23. The molecule has 0 heterocycles. The zero-order valence-electron chi connectivity index (χ0n) is 13.6. The maximum absolute atomic E-state index is 12.1. The van der Waals surface area contributed by atoms with Crippen LogP contribution in [-0.2, 0) is 19.2 Å². The molecule has 0 radical (unpaired) electrons. The molecule has 2 N–H and O–H groups in total. The predicted octanol–water partition coefficient (Wildman–Crippen LogP) is -0.317. The molecule has 0 aromatic rings. The Kier molecular flexibility index (Phi) is 8.81. The lowest BCUT2D eigenvalue weighted by Gasteiger charge is -2.26. The summed E-state index contributed by atoms with van der Waals surface area (Å²) in [6, 6.07) is -0.981. The van der Waals surface area contributed by atoms with Gasteiger partial charge in [-0.25, -0.2) is 4.79 Å². The van der Waals surface area contributed by atoms with Gasteiger partial charge in [-0.3, -0.25) is 14.4 Å². The number of carboxylic acids is 1. The number of hydrogen-bond acceptors (Lipinski definition) is 4. The lowest BCUT2D eigenvalue weighted by atomic mass is 10.1. The molecule has 8 heteroatoms. The first-order valence-electron chi connectivity index (χ1n) is 7.13. The van der Waals surface area contributed by atoms with Crippen LogP contribution in [0.25, 0.3) is 0 Å². The number of nitrogens with one attached hydrogen (secondary N) is 1. The summed E-state index contributed by atoms with van der Waals surface area (Å²) in [6.45, 7) is 3.07. The van der Waals surface area contributed by atoms with Gasteiger partial charge in [-0.15, -0.1) is 0 Å². The van der Waals surface area contributed by atoms with Crippen LogP contribution >= 0.6 is 0 Å². The molecule has 0 bridgehead atoms. The number of carboxylic acid groups (broad SMARTS) is 1. The number of nitrogens with zero attached hydrogens (tertiary/aromatic N) is 2. The highest BCUT2D eigenvalue weighted by Crippen LogP contribution is 2.07. The van der Waals surface area contributed by atoms with Gasteiger partial charge in [0.25, 0.3) is 0 Å². The third kappa shape index (κ3) is 7.61. The van der Waals surface area contributed by atoms with E-state index in [2.05, 4.69) is 5.32 Å². The first-order valence-corrected chi connectivity index (χ1v) is 7.13. The van der Waals surface area contributed by atoms with Crippen LogP contribution in [0.2, 0.25) is 0 Å². The fourth-order valence-electron chi connectivity index (χ4n) is 1.78. The van der Waals surface area contributed by atoms with E-state index in [1.807, 2.05) is 0 Å². The van der Waals surface area contributed by atoms with E-state index < -0.39 is 12.0 Å². The van der Waals surface area contributed by atoms with E-state index in [9.17, 15) is 19.2 Å². The molecule has 1 unspecified atom stereocenters. The van der Waals surface area contributed by atoms with Gasteiger partial charge in [0.2, 0.25) is 17.7 Å². The van der Waals surface area contributed by atoms with Gasteiger partial charge in [0.15, 0.2) is 0 Å². The summed E-state index contributed by atoms with van der Waals surface area (Å²) in [5.74, 6) is -1.77. The minimum Gasteiger partial charge on any atom is -0.480 e. The Balaban J connectivity index is 4.51. The Bertz CT molecular complexity index is 423. The molecular weight excluding hydrogens is 290 g/mol. The molecule has 126 valence electrons. The van der Waals surface area contributed by atoms with Crippen LogP contribution in [0.5, 0.6) is 0 Å². The Morgan fingerprint density at radius 2 is 1.64 bits per heavy atom. The van der Waals surface area contributed by atoms with Crippen molar-refractivity contribution in [3.8, 4) is 0 Å². The average Bonchev–Trinajstić information content (AvgIpc) is 2.41. The highest BCUT2D eigenvalue weighted by Gasteiger charge is 2.25. The molecule has 1 atom stereocenters. The normalized spacial score (nSPS) is 11.5. The molecule has 0 aliphatic rings. The van der Waals surface area contributed by atoms with Crippen LogP contribution in [0.3, 0.4) is 0 Å². The Labute approximate surface area is 130 Å². The summed E-state index contributed by atoms with van der Waals surface area (Å²) in [5.41, 5.74) is 0.